The number of hydrogen-bond acceptors (Lipinski definition) is 2. The average Bonchev–Trinajstić information content (AvgIpc) is 2.28. The maximum atomic E-state index is 12.3. The average molecular weight is 234 g/mol. The van der Waals surface area contributed by atoms with Crippen molar-refractivity contribution >= 4 is 11.6 Å². The number of nitrogens with two attached hydrogens (primary N) is 1. The highest BCUT2D eigenvalue weighted by molar-refractivity contribution is 5.95. The molecule has 1 aromatic carbocycles. The summed E-state index contributed by atoms with van der Waals surface area (Å²) in [5.41, 5.74) is 8.20. The molecule has 0 atom stereocenters. The van der Waals surface area contributed by atoms with Gasteiger partial charge in [0.25, 0.3) is 5.91 Å². The number of amides is 1. The van der Waals surface area contributed by atoms with Crippen molar-refractivity contribution in [1.82, 2.24) is 4.90 Å². The molecule has 1 amide bonds. The van der Waals surface area contributed by atoms with Crippen molar-refractivity contribution in [3.05, 3.63) is 29.3 Å². The minimum atomic E-state index is 0.0635. The zero-order valence-corrected chi connectivity index (χ0v) is 11.2. The first-order chi connectivity index (χ1) is 7.97. The lowest BCUT2D eigenvalue weighted by atomic mass is 10.1. The molecule has 3 nitrogen and oxygen atoms in total. The van der Waals surface area contributed by atoms with Crippen LogP contribution in [0.3, 0.4) is 0 Å². The fourth-order valence-corrected chi connectivity index (χ4v) is 1.77. The summed E-state index contributed by atoms with van der Waals surface area (Å²) in [5, 5.41) is 0. The number of carbonyl (C=O) groups is 1. The first-order valence-electron chi connectivity index (χ1n) is 6.14. The Bertz CT molecular complexity index is 399. The van der Waals surface area contributed by atoms with Crippen LogP contribution in [0.4, 0.5) is 5.69 Å². The van der Waals surface area contributed by atoms with Crippen molar-refractivity contribution in [1.29, 1.82) is 0 Å². The van der Waals surface area contributed by atoms with E-state index in [1.807, 2.05) is 37.8 Å². The van der Waals surface area contributed by atoms with Gasteiger partial charge in [-0.05, 0) is 44.9 Å². The summed E-state index contributed by atoms with van der Waals surface area (Å²) in [6, 6.07) is 5.72. The minimum absolute atomic E-state index is 0.0635. The van der Waals surface area contributed by atoms with Crippen LogP contribution in [0, 0.1) is 6.92 Å². The number of anilines is 1. The predicted molar refractivity (Wildman–Crippen MR) is 72.1 cm³/mol. The normalized spacial score (nSPS) is 10.6. The molecule has 1 rings (SSSR count). The number of carbonyl (C=O) groups excluding carboxylic acids is 1. The van der Waals surface area contributed by atoms with Gasteiger partial charge in [0.05, 0.1) is 0 Å². The fraction of sp³-hybridized carbons (Fsp3) is 0.500. The van der Waals surface area contributed by atoms with Gasteiger partial charge in [-0.2, -0.15) is 0 Å². The van der Waals surface area contributed by atoms with Crippen molar-refractivity contribution in [3.8, 4) is 0 Å². The van der Waals surface area contributed by atoms with E-state index in [1.54, 1.807) is 6.07 Å². The lowest BCUT2D eigenvalue weighted by Gasteiger charge is -2.26. The maximum absolute atomic E-state index is 12.3. The maximum Gasteiger partial charge on any atom is 0.254 e. The Hall–Kier alpha value is -1.51. The predicted octanol–water partition coefficient (Wildman–Crippen LogP) is 2.84. The summed E-state index contributed by atoms with van der Waals surface area (Å²) in [5.74, 6) is 0.0635. The summed E-state index contributed by atoms with van der Waals surface area (Å²) in [4.78, 5) is 14.2. The second kappa shape index (κ2) is 5.71. The molecule has 0 bridgehead atoms. The van der Waals surface area contributed by atoms with Gasteiger partial charge in [0, 0.05) is 23.8 Å². The summed E-state index contributed by atoms with van der Waals surface area (Å²) >= 11 is 0. The Balaban J connectivity index is 2.97. The van der Waals surface area contributed by atoms with Gasteiger partial charge in [-0.1, -0.05) is 13.0 Å². The van der Waals surface area contributed by atoms with E-state index < -0.39 is 0 Å². The number of nitrogen functional groups attached to an aromatic ring is 1. The number of aryl methyl sites for hydroxylation is 1. The first kappa shape index (κ1) is 13.6. The molecular weight excluding hydrogens is 212 g/mol. The van der Waals surface area contributed by atoms with E-state index in [4.69, 9.17) is 5.73 Å². The standard InChI is InChI=1S/C14H22N2O/c1-5-8-16(10(2)3)14(17)12-7-6-11(4)13(15)9-12/h6-7,9-10H,5,8,15H2,1-4H3. The molecule has 0 saturated carbocycles. The lowest BCUT2D eigenvalue weighted by Crippen LogP contribution is -2.37. The molecule has 1 aromatic rings. The van der Waals surface area contributed by atoms with Gasteiger partial charge in [-0.25, -0.2) is 0 Å². The molecule has 3 heteroatoms. The van der Waals surface area contributed by atoms with Gasteiger partial charge >= 0.3 is 0 Å². The van der Waals surface area contributed by atoms with E-state index in [2.05, 4.69) is 6.92 Å². The third-order valence-corrected chi connectivity index (χ3v) is 2.87. The van der Waals surface area contributed by atoms with E-state index in [1.165, 1.54) is 0 Å². The van der Waals surface area contributed by atoms with Gasteiger partial charge in [0.1, 0.15) is 0 Å². The van der Waals surface area contributed by atoms with Crippen molar-refractivity contribution in [2.45, 2.75) is 40.2 Å². The van der Waals surface area contributed by atoms with Crippen LogP contribution in [0.2, 0.25) is 0 Å². The Morgan fingerprint density at radius 1 is 1.41 bits per heavy atom. The van der Waals surface area contributed by atoms with Crippen molar-refractivity contribution in [2.24, 2.45) is 0 Å². The van der Waals surface area contributed by atoms with E-state index in [9.17, 15) is 4.79 Å². The van der Waals surface area contributed by atoms with Crippen LogP contribution in [-0.2, 0) is 0 Å². The molecule has 0 radical (unpaired) electrons. The van der Waals surface area contributed by atoms with Gasteiger partial charge in [0.2, 0.25) is 0 Å². The SMILES string of the molecule is CCCN(C(=O)c1ccc(C)c(N)c1)C(C)C. The van der Waals surface area contributed by atoms with E-state index in [-0.39, 0.29) is 11.9 Å². The van der Waals surface area contributed by atoms with E-state index in [0.717, 1.165) is 18.5 Å². The van der Waals surface area contributed by atoms with E-state index >= 15 is 0 Å². The van der Waals surface area contributed by atoms with Crippen LogP contribution in [0.15, 0.2) is 18.2 Å². The highest BCUT2D eigenvalue weighted by Crippen LogP contribution is 2.16. The molecule has 0 saturated heterocycles. The highest BCUT2D eigenvalue weighted by Gasteiger charge is 2.18. The van der Waals surface area contributed by atoms with Crippen molar-refractivity contribution in [3.63, 3.8) is 0 Å². The molecular formula is C14H22N2O. The molecule has 0 aromatic heterocycles. The highest BCUT2D eigenvalue weighted by atomic mass is 16.2. The molecule has 0 aliphatic carbocycles. The Morgan fingerprint density at radius 2 is 2.06 bits per heavy atom. The fourth-order valence-electron chi connectivity index (χ4n) is 1.77. The van der Waals surface area contributed by atoms with Gasteiger partial charge in [0.15, 0.2) is 0 Å². The third kappa shape index (κ3) is 3.22. The molecule has 0 aliphatic heterocycles. The van der Waals surface area contributed by atoms with Crippen LogP contribution in [-0.4, -0.2) is 23.4 Å². The Kier molecular flexibility index (Phi) is 4.55. The largest absolute Gasteiger partial charge is 0.398 e. The number of hydrogen-bond donors (Lipinski definition) is 1. The summed E-state index contributed by atoms with van der Waals surface area (Å²) in [6.45, 7) is 8.86. The second-order valence-corrected chi connectivity index (χ2v) is 4.66. The number of benzene rings is 1. The summed E-state index contributed by atoms with van der Waals surface area (Å²) < 4.78 is 0. The molecule has 0 unspecified atom stereocenters. The molecule has 0 aliphatic rings. The van der Waals surface area contributed by atoms with Crippen LogP contribution < -0.4 is 5.73 Å². The van der Waals surface area contributed by atoms with Crippen LogP contribution >= 0.6 is 0 Å². The zero-order chi connectivity index (χ0) is 13.0. The lowest BCUT2D eigenvalue weighted by molar-refractivity contribution is 0.0706. The molecule has 0 spiro atoms. The Morgan fingerprint density at radius 3 is 2.53 bits per heavy atom. The Labute approximate surface area is 104 Å². The van der Waals surface area contributed by atoms with Gasteiger partial charge in [-0.15, -0.1) is 0 Å². The van der Waals surface area contributed by atoms with Crippen LogP contribution in [0.5, 0.6) is 0 Å². The smallest absolute Gasteiger partial charge is 0.254 e. The summed E-state index contributed by atoms with van der Waals surface area (Å²) in [7, 11) is 0. The van der Waals surface area contributed by atoms with Crippen molar-refractivity contribution < 1.29 is 4.79 Å². The zero-order valence-electron chi connectivity index (χ0n) is 11.2. The van der Waals surface area contributed by atoms with Crippen molar-refractivity contribution in [2.75, 3.05) is 12.3 Å². The summed E-state index contributed by atoms with van der Waals surface area (Å²) in [6.07, 6.45) is 0.964. The molecule has 17 heavy (non-hydrogen) atoms. The monoisotopic (exact) mass is 234 g/mol. The second-order valence-electron chi connectivity index (χ2n) is 4.66. The van der Waals surface area contributed by atoms with Gasteiger partial charge in [-0.3, -0.25) is 4.79 Å². The molecule has 0 fully saturated rings. The van der Waals surface area contributed by atoms with Crippen LogP contribution in [0.25, 0.3) is 0 Å². The number of rotatable bonds is 4. The third-order valence-electron chi connectivity index (χ3n) is 2.87. The quantitative estimate of drug-likeness (QED) is 0.814. The minimum Gasteiger partial charge on any atom is -0.398 e. The molecule has 94 valence electrons. The number of nitrogens with zero attached hydrogens (tertiary/aromatic N) is 1. The van der Waals surface area contributed by atoms with E-state index in [0.29, 0.717) is 11.3 Å². The molecule has 2 N–H and O–H groups in total. The van der Waals surface area contributed by atoms with Gasteiger partial charge < -0.3 is 10.6 Å². The first-order valence-corrected chi connectivity index (χ1v) is 6.14. The molecule has 0 heterocycles. The van der Waals surface area contributed by atoms with Crippen LogP contribution in [0.1, 0.15) is 43.1 Å². The topological polar surface area (TPSA) is 46.3 Å².